The lowest BCUT2D eigenvalue weighted by atomic mass is 9.91. The third-order valence-corrected chi connectivity index (χ3v) is 6.47. The summed E-state index contributed by atoms with van der Waals surface area (Å²) < 4.78 is 40.1. The summed E-state index contributed by atoms with van der Waals surface area (Å²) in [4.78, 5) is 0.0858. The maximum Gasteiger partial charge on any atom is 0.243 e. The SMILES string of the molecule is CNC(C)C1CCN(S(=O)(=O)c2cc(F)ccc2C)CC1. The predicted molar refractivity (Wildman–Crippen MR) is 81.1 cm³/mol. The number of benzene rings is 1. The highest BCUT2D eigenvalue weighted by molar-refractivity contribution is 7.89. The van der Waals surface area contributed by atoms with Gasteiger partial charge in [-0.25, -0.2) is 12.8 Å². The number of nitrogens with one attached hydrogen (secondary N) is 1. The van der Waals surface area contributed by atoms with E-state index in [-0.39, 0.29) is 4.90 Å². The molecule has 1 aliphatic rings. The minimum atomic E-state index is -3.60. The third kappa shape index (κ3) is 3.44. The Morgan fingerprint density at radius 3 is 2.52 bits per heavy atom. The first-order valence-electron chi connectivity index (χ1n) is 7.30. The van der Waals surface area contributed by atoms with Gasteiger partial charge in [-0.3, -0.25) is 0 Å². The molecule has 0 radical (unpaired) electrons. The maximum absolute atomic E-state index is 13.4. The van der Waals surface area contributed by atoms with Crippen molar-refractivity contribution in [1.82, 2.24) is 9.62 Å². The molecule has 1 unspecified atom stereocenters. The maximum atomic E-state index is 13.4. The van der Waals surface area contributed by atoms with Crippen LogP contribution >= 0.6 is 0 Å². The molecule has 1 heterocycles. The van der Waals surface area contributed by atoms with Gasteiger partial charge in [0.25, 0.3) is 0 Å². The van der Waals surface area contributed by atoms with Gasteiger partial charge in [0.1, 0.15) is 5.82 Å². The molecule has 2 rings (SSSR count). The van der Waals surface area contributed by atoms with E-state index in [0.29, 0.717) is 30.6 Å². The summed E-state index contributed by atoms with van der Waals surface area (Å²) in [5, 5.41) is 3.22. The number of rotatable bonds is 4. The average molecular weight is 314 g/mol. The van der Waals surface area contributed by atoms with Gasteiger partial charge < -0.3 is 5.32 Å². The van der Waals surface area contributed by atoms with E-state index < -0.39 is 15.8 Å². The molecular formula is C15H23FN2O2S. The first kappa shape index (κ1) is 16.4. The molecule has 1 saturated heterocycles. The molecule has 1 aromatic carbocycles. The van der Waals surface area contributed by atoms with Gasteiger partial charge in [-0.05, 0) is 57.4 Å². The summed E-state index contributed by atoms with van der Waals surface area (Å²) >= 11 is 0. The third-order valence-electron chi connectivity index (χ3n) is 4.43. The van der Waals surface area contributed by atoms with E-state index in [1.54, 1.807) is 6.92 Å². The van der Waals surface area contributed by atoms with Gasteiger partial charge in [0, 0.05) is 19.1 Å². The minimum absolute atomic E-state index is 0.0858. The molecule has 21 heavy (non-hydrogen) atoms. The second kappa shape index (κ2) is 6.42. The van der Waals surface area contributed by atoms with Crippen LogP contribution < -0.4 is 5.32 Å². The van der Waals surface area contributed by atoms with Crippen molar-refractivity contribution < 1.29 is 12.8 Å². The highest BCUT2D eigenvalue weighted by atomic mass is 32.2. The van der Waals surface area contributed by atoms with Crippen LogP contribution in [-0.4, -0.2) is 38.9 Å². The van der Waals surface area contributed by atoms with E-state index in [1.165, 1.54) is 16.4 Å². The van der Waals surface area contributed by atoms with Crippen molar-refractivity contribution >= 4 is 10.0 Å². The van der Waals surface area contributed by atoms with Gasteiger partial charge in [-0.1, -0.05) is 6.07 Å². The lowest BCUT2D eigenvalue weighted by Crippen LogP contribution is -2.43. The van der Waals surface area contributed by atoms with Crippen molar-refractivity contribution in [1.29, 1.82) is 0 Å². The molecule has 6 heteroatoms. The van der Waals surface area contributed by atoms with Crippen LogP contribution in [0.5, 0.6) is 0 Å². The van der Waals surface area contributed by atoms with E-state index in [9.17, 15) is 12.8 Å². The summed E-state index contributed by atoms with van der Waals surface area (Å²) in [5.41, 5.74) is 0.585. The lowest BCUT2D eigenvalue weighted by Gasteiger charge is -2.34. The summed E-state index contributed by atoms with van der Waals surface area (Å²) in [7, 11) is -1.68. The Morgan fingerprint density at radius 1 is 1.33 bits per heavy atom. The van der Waals surface area contributed by atoms with E-state index in [2.05, 4.69) is 12.2 Å². The van der Waals surface area contributed by atoms with Crippen LogP contribution in [0.4, 0.5) is 4.39 Å². The van der Waals surface area contributed by atoms with E-state index in [0.717, 1.165) is 18.9 Å². The second-order valence-electron chi connectivity index (χ2n) is 5.73. The predicted octanol–water partition coefficient (Wildman–Crippen LogP) is 2.14. The topological polar surface area (TPSA) is 49.4 Å². The molecule has 4 nitrogen and oxygen atoms in total. The first-order chi connectivity index (χ1) is 9.86. The van der Waals surface area contributed by atoms with Gasteiger partial charge in [0.15, 0.2) is 0 Å². The van der Waals surface area contributed by atoms with Crippen LogP contribution in [0, 0.1) is 18.7 Å². The number of aryl methyl sites for hydroxylation is 1. The lowest BCUT2D eigenvalue weighted by molar-refractivity contribution is 0.236. The highest BCUT2D eigenvalue weighted by Crippen LogP contribution is 2.27. The quantitative estimate of drug-likeness (QED) is 0.926. The number of hydrogen-bond donors (Lipinski definition) is 1. The average Bonchev–Trinajstić information content (AvgIpc) is 2.49. The zero-order valence-electron chi connectivity index (χ0n) is 12.8. The Bertz CT molecular complexity index is 596. The monoisotopic (exact) mass is 314 g/mol. The molecule has 0 saturated carbocycles. The highest BCUT2D eigenvalue weighted by Gasteiger charge is 2.31. The molecule has 0 amide bonds. The Morgan fingerprint density at radius 2 is 1.95 bits per heavy atom. The molecule has 1 aromatic rings. The van der Waals surface area contributed by atoms with E-state index in [1.807, 2.05) is 7.05 Å². The first-order valence-corrected chi connectivity index (χ1v) is 8.74. The Hall–Kier alpha value is -0.980. The number of sulfonamides is 1. The molecule has 1 aliphatic heterocycles. The van der Waals surface area contributed by atoms with Gasteiger partial charge in [0.05, 0.1) is 4.90 Å². The van der Waals surface area contributed by atoms with Crippen molar-refractivity contribution in [2.24, 2.45) is 5.92 Å². The van der Waals surface area contributed by atoms with E-state index in [4.69, 9.17) is 0 Å². The fourth-order valence-electron chi connectivity index (χ4n) is 2.84. The Balaban J connectivity index is 2.17. The van der Waals surface area contributed by atoms with Crippen LogP contribution in [0.15, 0.2) is 23.1 Å². The van der Waals surface area contributed by atoms with Crippen molar-refractivity contribution in [3.05, 3.63) is 29.6 Å². The fraction of sp³-hybridized carbons (Fsp3) is 0.600. The fourth-order valence-corrected chi connectivity index (χ4v) is 4.55. The molecule has 1 N–H and O–H groups in total. The molecule has 1 fully saturated rings. The smallest absolute Gasteiger partial charge is 0.243 e. The standard InChI is InChI=1S/C15H23FN2O2S/c1-11-4-5-14(16)10-15(11)21(19,20)18-8-6-13(7-9-18)12(2)17-3/h4-5,10,12-13,17H,6-9H2,1-3H3. The van der Waals surface area contributed by atoms with Gasteiger partial charge in [-0.15, -0.1) is 0 Å². The largest absolute Gasteiger partial charge is 0.317 e. The summed E-state index contributed by atoms with van der Waals surface area (Å²) in [6, 6.07) is 4.30. The Kier molecular flexibility index (Phi) is 5.01. The molecular weight excluding hydrogens is 291 g/mol. The van der Waals surface area contributed by atoms with Crippen LogP contribution in [0.2, 0.25) is 0 Å². The molecule has 1 atom stereocenters. The number of piperidine rings is 1. The molecule has 0 aromatic heterocycles. The van der Waals surface area contributed by atoms with Gasteiger partial charge in [0.2, 0.25) is 10.0 Å². The molecule has 0 aliphatic carbocycles. The van der Waals surface area contributed by atoms with Crippen LogP contribution in [-0.2, 0) is 10.0 Å². The normalized spacial score (nSPS) is 19.6. The van der Waals surface area contributed by atoms with Crippen LogP contribution in [0.25, 0.3) is 0 Å². The number of hydrogen-bond acceptors (Lipinski definition) is 3. The number of halogens is 1. The number of nitrogens with zero attached hydrogens (tertiary/aromatic N) is 1. The van der Waals surface area contributed by atoms with Crippen molar-refractivity contribution in [2.45, 2.75) is 37.6 Å². The summed E-state index contributed by atoms with van der Waals surface area (Å²) in [6.45, 7) is 4.80. The van der Waals surface area contributed by atoms with Crippen molar-refractivity contribution in [3.8, 4) is 0 Å². The van der Waals surface area contributed by atoms with Crippen LogP contribution in [0.1, 0.15) is 25.3 Å². The van der Waals surface area contributed by atoms with Gasteiger partial charge >= 0.3 is 0 Å². The Labute approximate surface area is 126 Å². The minimum Gasteiger partial charge on any atom is -0.317 e. The molecule has 0 spiro atoms. The van der Waals surface area contributed by atoms with Crippen molar-refractivity contribution in [3.63, 3.8) is 0 Å². The zero-order chi connectivity index (χ0) is 15.6. The van der Waals surface area contributed by atoms with Crippen molar-refractivity contribution in [2.75, 3.05) is 20.1 Å². The summed E-state index contributed by atoms with van der Waals surface area (Å²) in [5.74, 6) is -0.0343. The second-order valence-corrected chi connectivity index (χ2v) is 7.64. The zero-order valence-corrected chi connectivity index (χ0v) is 13.6. The molecule has 0 bridgehead atoms. The van der Waals surface area contributed by atoms with Gasteiger partial charge in [-0.2, -0.15) is 4.31 Å². The van der Waals surface area contributed by atoms with E-state index >= 15 is 0 Å². The van der Waals surface area contributed by atoms with Crippen LogP contribution in [0.3, 0.4) is 0 Å². The summed E-state index contributed by atoms with van der Waals surface area (Å²) in [6.07, 6.45) is 1.66. The molecule has 118 valence electrons.